The van der Waals surface area contributed by atoms with Crippen molar-refractivity contribution in [3.05, 3.63) is 88.5 Å². The molecule has 0 N–H and O–H groups in total. The summed E-state index contributed by atoms with van der Waals surface area (Å²) in [5, 5.41) is 8.40. The van der Waals surface area contributed by atoms with E-state index in [1.54, 1.807) is 22.6 Å². The third kappa shape index (κ3) is 5.33. The Morgan fingerprint density at radius 3 is 2.58 bits per heavy atom. The van der Waals surface area contributed by atoms with Crippen LogP contribution in [0.1, 0.15) is 28.7 Å². The zero-order valence-electron chi connectivity index (χ0n) is 18.5. The van der Waals surface area contributed by atoms with Gasteiger partial charge in [0.25, 0.3) is 5.91 Å². The van der Waals surface area contributed by atoms with E-state index in [1.165, 1.54) is 5.56 Å². The fraction of sp³-hybridized carbons (Fsp3) is 0.308. The van der Waals surface area contributed by atoms with Crippen molar-refractivity contribution < 1.29 is 9.21 Å². The van der Waals surface area contributed by atoms with Crippen LogP contribution in [-0.2, 0) is 4.79 Å². The number of carbonyl (C=O) groups is 1. The van der Waals surface area contributed by atoms with Gasteiger partial charge in [0.1, 0.15) is 11.8 Å². The molecule has 1 saturated heterocycles. The topological polar surface area (TPSA) is 52.3 Å². The Morgan fingerprint density at radius 2 is 1.85 bits per heavy atom. The normalized spacial score (nSPS) is 19.9. The summed E-state index contributed by atoms with van der Waals surface area (Å²) in [5.74, 6) is 0.814. The van der Waals surface area contributed by atoms with Crippen molar-refractivity contribution in [1.82, 2.24) is 14.8 Å². The second-order valence-corrected chi connectivity index (χ2v) is 9.34. The third-order valence-electron chi connectivity index (χ3n) is 6.14. The minimum atomic E-state index is -0.172. The van der Waals surface area contributed by atoms with Gasteiger partial charge >= 0.3 is 0 Å². The lowest BCUT2D eigenvalue weighted by Crippen LogP contribution is -2.49. The quantitative estimate of drug-likeness (QED) is 0.526. The fourth-order valence-electron chi connectivity index (χ4n) is 4.33. The van der Waals surface area contributed by atoms with Gasteiger partial charge in [0.15, 0.2) is 0 Å². The zero-order valence-corrected chi connectivity index (χ0v) is 19.4. The molecule has 1 fully saturated rings. The SMILES string of the molecule is O=C(CN1CCN(C/C=C/c2ccccc2)CC1)N1N=C(c2cccs2)CC1c1ccco1. The van der Waals surface area contributed by atoms with Crippen molar-refractivity contribution in [2.24, 2.45) is 5.10 Å². The maximum Gasteiger partial charge on any atom is 0.257 e. The number of carbonyl (C=O) groups excluding carboxylic acids is 1. The largest absolute Gasteiger partial charge is 0.467 e. The number of nitrogens with zero attached hydrogens (tertiary/aromatic N) is 4. The first-order valence-corrected chi connectivity index (χ1v) is 12.3. The Hall–Kier alpha value is -3.00. The molecule has 1 atom stereocenters. The van der Waals surface area contributed by atoms with Crippen LogP contribution in [0.4, 0.5) is 0 Å². The molecule has 6 nitrogen and oxygen atoms in total. The molecule has 0 bridgehead atoms. The molecule has 2 aliphatic rings. The van der Waals surface area contributed by atoms with Crippen LogP contribution < -0.4 is 0 Å². The van der Waals surface area contributed by atoms with Crippen molar-refractivity contribution in [3.63, 3.8) is 0 Å². The first-order chi connectivity index (χ1) is 16.3. The molecule has 1 aromatic carbocycles. The summed E-state index contributed by atoms with van der Waals surface area (Å²) >= 11 is 1.65. The number of thiophene rings is 1. The number of benzene rings is 1. The van der Waals surface area contributed by atoms with Crippen LogP contribution in [-0.4, -0.2) is 65.7 Å². The van der Waals surface area contributed by atoms with E-state index >= 15 is 0 Å². The molecule has 1 amide bonds. The number of hydrogen-bond acceptors (Lipinski definition) is 6. The van der Waals surface area contributed by atoms with Crippen LogP contribution in [0.15, 0.2) is 81.8 Å². The minimum Gasteiger partial charge on any atom is -0.467 e. The summed E-state index contributed by atoms with van der Waals surface area (Å²) in [4.78, 5) is 19.0. The van der Waals surface area contributed by atoms with Gasteiger partial charge in [-0.3, -0.25) is 14.6 Å². The summed E-state index contributed by atoms with van der Waals surface area (Å²) in [6.07, 6.45) is 6.73. The standard InChI is InChI=1S/C26H28N4O2S/c31-26(20-29-15-13-28(14-16-29)12-4-9-21-7-2-1-3-8-21)30-23(24-10-5-17-32-24)19-22(27-30)25-11-6-18-33-25/h1-11,17-18,23H,12-16,19-20H2/b9-4+. The molecule has 3 aromatic rings. The lowest BCUT2D eigenvalue weighted by molar-refractivity contribution is -0.135. The summed E-state index contributed by atoms with van der Waals surface area (Å²) in [6, 6.07) is 18.1. The van der Waals surface area contributed by atoms with E-state index < -0.39 is 0 Å². The Kier molecular flexibility index (Phi) is 6.81. The van der Waals surface area contributed by atoms with Crippen molar-refractivity contribution in [3.8, 4) is 0 Å². The first kappa shape index (κ1) is 21.8. The average molecular weight is 461 g/mol. The lowest BCUT2D eigenvalue weighted by atomic mass is 10.1. The number of hydrazone groups is 1. The predicted octanol–water partition coefficient (Wildman–Crippen LogP) is 4.35. The van der Waals surface area contributed by atoms with Gasteiger partial charge in [0.05, 0.1) is 23.4 Å². The highest BCUT2D eigenvalue weighted by Crippen LogP contribution is 2.34. The van der Waals surface area contributed by atoms with E-state index in [-0.39, 0.29) is 11.9 Å². The van der Waals surface area contributed by atoms with Crippen LogP contribution in [0.25, 0.3) is 6.08 Å². The van der Waals surface area contributed by atoms with Crippen LogP contribution >= 0.6 is 11.3 Å². The van der Waals surface area contributed by atoms with Gasteiger partial charge in [-0.1, -0.05) is 48.6 Å². The number of rotatable bonds is 7. The molecule has 0 saturated carbocycles. The summed E-state index contributed by atoms with van der Waals surface area (Å²) < 4.78 is 5.65. The van der Waals surface area contributed by atoms with E-state index in [0.29, 0.717) is 13.0 Å². The van der Waals surface area contributed by atoms with Gasteiger partial charge in [0, 0.05) is 39.1 Å². The van der Waals surface area contributed by atoms with E-state index in [4.69, 9.17) is 9.52 Å². The Morgan fingerprint density at radius 1 is 1.03 bits per heavy atom. The van der Waals surface area contributed by atoms with Crippen LogP contribution in [0.5, 0.6) is 0 Å². The number of furan rings is 1. The second kappa shape index (κ2) is 10.3. The smallest absolute Gasteiger partial charge is 0.257 e. The number of piperazine rings is 1. The molecular weight excluding hydrogens is 432 g/mol. The van der Waals surface area contributed by atoms with Crippen molar-refractivity contribution >= 4 is 29.0 Å². The highest BCUT2D eigenvalue weighted by molar-refractivity contribution is 7.12. The third-order valence-corrected chi connectivity index (χ3v) is 7.06. The molecular formula is C26H28N4O2S. The average Bonchev–Trinajstić information content (AvgIpc) is 3.62. The molecule has 4 heterocycles. The molecule has 2 aliphatic heterocycles. The van der Waals surface area contributed by atoms with Crippen molar-refractivity contribution in [2.75, 3.05) is 39.3 Å². The van der Waals surface area contributed by atoms with Crippen molar-refractivity contribution in [2.45, 2.75) is 12.5 Å². The van der Waals surface area contributed by atoms with Crippen LogP contribution in [0.2, 0.25) is 0 Å². The molecule has 2 aromatic heterocycles. The van der Waals surface area contributed by atoms with Crippen molar-refractivity contribution in [1.29, 1.82) is 0 Å². The zero-order chi connectivity index (χ0) is 22.5. The molecule has 0 radical (unpaired) electrons. The van der Waals surface area contributed by atoms with Gasteiger partial charge < -0.3 is 4.42 Å². The van der Waals surface area contributed by atoms with Gasteiger partial charge in [-0.2, -0.15) is 5.10 Å². The molecule has 0 spiro atoms. The maximum absolute atomic E-state index is 13.3. The number of hydrogen-bond donors (Lipinski definition) is 0. The molecule has 1 unspecified atom stereocenters. The summed E-state index contributed by atoms with van der Waals surface area (Å²) in [6.45, 7) is 4.98. The lowest BCUT2D eigenvalue weighted by Gasteiger charge is -2.34. The minimum absolute atomic E-state index is 0.0281. The molecule has 33 heavy (non-hydrogen) atoms. The van der Waals surface area contributed by atoms with Crippen LogP contribution in [0, 0.1) is 0 Å². The monoisotopic (exact) mass is 460 g/mol. The molecule has 5 rings (SSSR count). The first-order valence-electron chi connectivity index (χ1n) is 11.4. The highest BCUT2D eigenvalue weighted by atomic mass is 32.1. The Balaban J connectivity index is 1.16. The van der Waals surface area contributed by atoms with E-state index in [1.807, 2.05) is 29.6 Å². The molecule has 0 aliphatic carbocycles. The Bertz CT molecular complexity index is 1080. The van der Waals surface area contributed by atoms with Gasteiger partial charge in [-0.25, -0.2) is 5.01 Å². The van der Waals surface area contributed by atoms with Gasteiger partial charge in [-0.05, 0) is 29.1 Å². The highest BCUT2D eigenvalue weighted by Gasteiger charge is 2.35. The molecule has 170 valence electrons. The van der Waals surface area contributed by atoms with Gasteiger partial charge in [0.2, 0.25) is 0 Å². The number of amides is 1. The van der Waals surface area contributed by atoms with E-state index in [9.17, 15) is 4.79 Å². The predicted molar refractivity (Wildman–Crippen MR) is 132 cm³/mol. The van der Waals surface area contributed by atoms with Crippen LogP contribution in [0.3, 0.4) is 0 Å². The van der Waals surface area contributed by atoms with E-state index in [2.05, 4.69) is 52.3 Å². The van der Waals surface area contributed by atoms with E-state index in [0.717, 1.165) is 49.1 Å². The second-order valence-electron chi connectivity index (χ2n) is 8.39. The fourth-order valence-corrected chi connectivity index (χ4v) is 5.05. The molecule has 7 heteroatoms. The van der Waals surface area contributed by atoms with Gasteiger partial charge in [-0.15, -0.1) is 11.3 Å². The summed E-state index contributed by atoms with van der Waals surface area (Å²) in [7, 11) is 0. The summed E-state index contributed by atoms with van der Waals surface area (Å²) in [5.41, 5.74) is 2.18. The maximum atomic E-state index is 13.3. The Labute approximate surface area is 198 Å².